The van der Waals surface area contributed by atoms with Crippen LogP contribution in [-0.4, -0.2) is 50.7 Å². The number of rotatable bonds is 7. The first-order chi connectivity index (χ1) is 8.81. The molecule has 0 aliphatic heterocycles. The van der Waals surface area contributed by atoms with Gasteiger partial charge in [0.1, 0.15) is 5.56 Å². The zero-order valence-electron chi connectivity index (χ0n) is 10.4. The van der Waals surface area contributed by atoms with E-state index in [0.717, 1.165) is 0 Å². The van der Waals surface area contributed by atoms with Gasteiger partial charge in [-0.1, -0.05) is 0 Å². The van der Waals surface area contributed by atoms with Crippen LogP contribution in [-0.2, 0) is 23.2 Å². The Bertz CT molecular complexity index is 494. The molecule has 0 atom stereocenters. The minimum absolute atomic E-state index is 0.00133. The summed E-state index contributed by atoms with van der Waals surface area (Å²) in [7, 11) is 1.56. The first-order valence-corrected chi connectivity index (χ1v) is 5.34. The van der Waals surface area contributed by atoms with Crippen molar-refractivity contribution >= 4 is 17.8 Å². The van der Waals surface area contributed by atoms with Crippen molar-refractivity contribution in [3.05, 3.63) is 17.5 Å². The number of aryl methyl sites for hydroxylation is 1. The van der Waals surface area contributed by atoms with E-state index >= 15 is 0 Å². The normalized spacial score (nSPS) is 10.6. The predicted molar refractivity (Wildman–Crippen MR) is 63.8 cm³/mol. The van der Waals surface area contributed by atoms with Crippen molar-refractivity contribution in [2.75, 3.05) is 13.1 Å². The van der Waals surface area contributed by atoms with Gasteiger partial charge in [-0.3, -0.25) is 19.2 Å². The highest BCUT2D eigenvalue weighted by atomic mass is 16.4. The van der Waals surface area contributed by atoms with Crippen molar-refractivity contribution in [3.63, 3.8) is 0 Å². The molecule has 9 nitrogen and oxygen atoms in total. The molecule has 5 N–H and O–H groups in total. The molecule has 0 radical (unpaired) electrons. The lowest BCUT2D eigenvalue weighted by molar-refractivity contribution is -0.122. The van der Waals surface area contributed by atoms with Crippen LogP contribution in [0.5, 0.6) is 0 Å². The largest absolute Gasteiger partial charge is 0.478 e. The second kappa shape index (κ2) is 5.96. The summed E-state index contributed by atoms with van der Waals surface area (Å²) in [5.41, 5.74) is 10.5. The summed E-state index contributed by atoms with van der Waals surface area (Å²) < 4.78 is 1.36. The SMILES string of the molecule is Cn1ncc(C(=O)O)c1CN(CC(N)=O)CC(N)=O. The van der Waals surface area contributed by atoms with Gasteiger partial charge in [0.2, 0.25) is 11.8 Å². The maximum absolute atomic E-state index is 11.0. The lowest BCUT2D eigenvalue weighted by atomic mass is 10.2. The molecule has 1 aromatic rings. The smallest absolute Gasteiger partial charge is 0.339 e. The quantitative estimate of drug-likeness (QED) is 0.516. The highest BCUT2D eigenvalue weighted by molar-refractivity contribution is 5.88. The highest BCUT2D eigenvalue weighted by Gasteiger charge is 2.19. The second-order valence-electron chi connectivity index (χ2n) is 4.01. The molecule has 0 aliphatic rings. The molecule has 0 saturated carbocycles. The second-order valence-corrected chi connectivity index (χ2v) is 4.01. The standard InChI is InChI=1S/C10H15N5O4/c1-14-7(6(2-13-14)10(18)19)3-15(4-8(11)16)5-9(12)17/h2H,3-5H2,1H3,(H2,11,16)(H2,12,17)(H,18,19). The van der Waals surface area contributed by atoms with Crippen LogP contribution in [0.2, 0.25) is 0 Å². The fourth-order valence-electron chi connectivity index (χ4n) is 1.65. The first kappa shape index (κ1) is 14.6. The van der Waals surface area contributed by atoms with Gasteiger partial charge in [-0.25, -0.2) is 4.79 Å². The van der Waals surface area contributed by atoms with E-state index in [1.165, 1.54) is 15.8 Å². The molecule has 0 aliphatic carbocycles. The Morgan fingerprint density at radius 1 is 1.32 bits per heavy atom. The van der Waals surface area contributed by atoms with Crippen molar-refractivity contribution in [2.45, 2.75) is 6.54 Å². The maximum atomic E-state index is 11.0. The molecule has 0 fully saturated rings. The zero-order valence-corrected chi connectivity index (χ0v) is 10.4. The molecular formula is C10H15N5O4. The number of carboxylic acid groups (broad SMARTS) is 1. The molecule has 0 spiro atoms. The third-order valence-corrected chi connectivity index (χ3v) is 2.42. The van der Waals surface area contributed by atoms with Crippen LogP contribution in [0, 0.1) is 0 Å². The molecule has 0 unspecified atom stereocenters. The number of hydrogen-bond acceptors (Lipinski definition) is 5. The van der Waals surface area contributed by atoms with Gasteiger partial charge in [-0.05, 0) is 0 Å². The van der Waals surface area contributed by atoms with Gasteiger partial charge in [0.15, 0.2) is 0 Å². The van der Waals surface area contributed by atoms with Crippen LogP contribution < -0.4 is 11.5 Å². The van der Waals surface area contributed by atoms with Crippen LogP contribution in [0.25, 0.3) is 0 Å². The fraction of sp³-hybridized carbons (Fsp3) is 0.400. The van der Waals surface area contributed by atoms with Crippen LogP contribution in [0.3, 0.4) is 0 Å². The van der Waals surface area contributed by atoms with Crippen molar-refractivity contribution in [3.8, 4) is 0 Å². The molecule has 1 rings (SSSR count). The summed E-state index contributed by atoms with van der Waals surface area (Å²) in [6, 6.07) is 0. The Hall–Kier alpha value is -2.42. The van der Waals surface area contributed by atoms with Gasteiger partial charge in [-0.15, -0.1) is 0 Å². The molecule has 19 heavy (non-hydrogen) atoms. The Kier molecular flexibility index (Phi) is 4.59. The number of nitrogens with two attached hydrogens (primary N) is 2. The molecule has 1 aromatic heterocycles. The van der Waals surface area contributed by atoms with Gasteiger partial charge >= 0.3 is 5.97 Å². The summed E-state index contributed by atoms with van der Waals surface area (Å²) in [5, 5.41) is 12.8. The number of amides is 2. The summed E-state index contributed by atoms with van der Waals surface area (Å²) in [6.45, 7) is -0.371. The van der Waals surface area contributed by atoms with Crippen molar-refractivity contribution in [2.24, 2.45) is 18.5 Å². The van der Waals surface area contributed by atoms with Crippen molar-refractivity contribution < 1.29 is 19.5 Å². The monoisotopic (exact) mass is 269 g/mol. The highest BCUT2D eigenvalue weighted by Crippen LogP contribution is 2.10. The summed E-state index contributed by atoms with van der Waals surface area (Å²) >= 11 is 0. The number of nitrogens with zero attached hydrogens (tertiary/aromatic N) is 3. The molecule has 1 heterocycles. The third-order valence-electron chi connectivity index (χ3n) is 2.42. The molecule has 0 saturated heterocycles. The maximum Gasteiger partial charge on any atom is 0.339 e. The zero-order chi connectivity index (χ0) is 14.6. The van der Waals surface area contributed by atoms with Gasteiger partial charge < -0.3 is 16.6 Å². The fourth-order valence-corrected chi connectivity index (χ4v) is 1.65. The lowest BCUT2D eigenvalue weighted by Gasteiger charge is -2.19. The Balaban J connectivity index is 2.95. The topological polar surface area (TPSA) is 145 Å². The molecular weight excluding hydrogens is 254 g/mol. The van der Waals surface area contributed by atoms with E-state index < -0.39 is 17.8 Å². The molecule has 0 bridgehead atoms. The Morgan fingerprint density at radius 2 is 1.84 bits per heavy atom. The van der Waals surface area contributed by atoms with E-state index in [4.69, 9.17) is 16.6 Å². The number of carbonyl (C=O) groups is 3. The molecule has 9 heteroatoms. The summed E-state index contributed by atoms with van der Waals surface area (Å²) in [4.78, 5) is 34.2. The average molecular weight is 269 g/mol. The van der Waals surface area contributed by atoms with E-state index in [1.54, 1.807) is 7.05 Å². The van der Waals surface area contributed by atoms with Crippen LogP contribution in [0.1, 0.15) is 16.1 Å². The van der Waals surface area contributed by atoms with Crippen LogP contribution in [0.15, 0.2) is 6.20 Å². The van der Waals surface area contributed by atoms with Gasteiger partial charge in [0, 0.05) is 13.6 Å². The Labute approximate surface area is 108 Å². The van der Waals surface area contributed by atoms with Crippen LogP contribution in [0.4, 0.5) is 0 Å². The molecule has 104 valence electrons. The van der Waals surface area contributed by atoms with E-state index in [0.29, 0.717) is 5.69 Å². The number of carbonyl (C=O) groups excluding carboxylic acids is 2. The number of hydrogen-bond donors (Lipinski definition) is 3. The average Bonchev–Trinajstić information content (AvgIpc) is 2.58. The number of primary amides is 2. The number of carboxylic acids is 1. The van der Waals surface area contributed by atoms with E-state index in [9.17, 15) is 14.4 Å². The number of aromatic carboxylic acids is 1. The lowest BCUT2D eigenvalue weighted by Crippen LogP contribution is -2.39. The van der Waals surface area contributed by atoms with E-state index in [2.05, 4.69) is 5.10 Å². The number of aromatic nitrogens is 2. The minimum Gasteiger partial charge on any atom is -0.478 e. The van der Waals surface area contributed by atoms with Gasteiger partial charge in [0.05, 0.1) is 25.0 Å². The van der Waals surface area contributed by atoms with Crippen LogP contribution >= 0.6 is 0 Å². The molecule has 2 amide bonds. The van der Waals surface area contributed by atoms with Crippen molar-refractivity contribution in [1.82, 2.24) is 14.7 Å². The van der Waals surface area contributed by atoms with Gasteiger partial charge in [-0.2, -0.15) is 5.10 Å². The Morgan fingerprint density at radius 3 is 2.26 bits per heavy atom. The minimum atomic E-state index is -1.14. The predicted octanol–water partition coefficient (Wildman–Crippen LogP) is -2.11. The third kappa shape index (κ3) is 4.07. The van der Waals surface area contributed by atoms with Crippen molar-refractivity contribution in [1.29, 1.82) is 0 Å². The van der Waals surface area contributed by atoms with E-state index in [-0.39, 0.29) is 25.2 Å². The summed E-state index contributed by atoms with van der Waals surface area (Å²) in [6.07, 6.45) is 1.20. The van der Waals surface area contributed by atoms with Gasteiger partial charge in [0.25, 0.3) is 0 Å². The summed E-state index contributed by atoms with van der Waals surface area (Å²) in [5.74, 6) is -2.42. The first-order valence-electron chi connectivity index (χ1n) is 5.34. The molecule has 0 aromatic carbocycles. The van der Waals surface area contributed by atoms with E-state index in [1.807, 2.05) is 0 Å².